The Labute approximate surface area is 181 Å². The number of nitrogens with zero attached hydrogens (tertiary/aromatic N) is 6. The molecule has 4 heterocycles. The van der Waals surface area contributed by atoms with E-state index in [1.54, 1.807) is 18.6 Å². The van der Waals surface area contributed by atoms with E-state index in [2.05, 4.69) is 20.1 Å². The van der Waals surface area contributed by atoms with Crippen LogP contribution in [0, 0.1) is 5.92 Å². The Balaban J connectivity index is 1.38. The van der Waals surface area contributed by atoms with Crippen LogP contribution in [-0.2, 0) is 0 Å². The summed E-state index contributed by atoms with van der Waals surface area (Å²) < 4.78 is 17.3. The van der Waals surface area contributed by atoms with Gasteiger partial charge in [-0.25, -0.2) is 9.37 Å². The van der Waals surface area contributed by atoms with Crippen LogP contribution in [0.3, 0.4) is 0 Å². The zero-order chi connectivity index (χ0) is 21.8. The number of aromatic nitrogens is 4. The molecule has 1 N–H and O–H groups in total. The average Bonchev–Trinajstić information content (AvgIpc) is 3.30. The maximum absolute atomic E-state index is 15.5. The molecule has 2 unspecified atom stereocenters. The molecule has 31 heavy (non-hydrogen) atoms. The van der Waals surface area contributed by atoms with Crippen molar-refractivity contribution in [3.63, 3.8) is 0 Å². The van der Waals surface area contributed by atoms with Crippen LogP contribution >= 0.6 is 0 Å². The number of aromatic hydroxyl groups is 1. The monoisotopic (exact) mass is 422 g/mol. The Morgan fingerprint density at radius 3 is 2.71 bits per heavy atom. The number of anilines is 1. The van der Waals surface area contributed by atoms with Gasteiger partial charge in [-0.15, -0.1) is 10.2 Å². The van der Waals surface area contributed by atoms with Crippen molar-refractivity contribution in [2.24, 2.45) is 5.92 Å². The van der Waals surface area contributed by atoms with Gasteiger partial charge in [0.25, 0.3) is 0 Å². The highest BCUT2D eigenvalue weighted by Crippen LogP contribution is 2.46. The fraction of sp³-hybridized carbons (Fsp3) is 0.435. The van der Waals surface area contributed by atoms with Crippen molar-refractivity contribution < 1.29 is 9.50 Å². The minimum Gasteiger partial charge on any atom is -0.507 e. The SMILES string of the molecule is CN(c1ccc(-c2ccc(-n3ccnc3)cc2O)nn1)C1C(F)[C@@]2(C)CC[C@@H]1CN2C. The zero-order valence-electron chi connectivity index (χ0n) is 18.0. The molecule has 3 fully saturated rings. The Morgan fingerprint density at radius 2 is 2.06 bits per heavy atom. The van der Waals surface area contributed by atoms with Crippen molar-refractivity contribution in [1.82, 2.24) is 24.6 Å². The van der Waals surface area contributed by atoms with E-state index in [-0.39, 0.29) is 17.7 Å². The first-order valence-electron chi connectivity index (χ1n) is 10.6. The molecule has 1 saturated carbocycles. The highest BCUT2D eigenvalue weighted by molar-refractivity contribution is 5.69. The number of benzene rings is 1. The topological polar surface area (TPSA) is 70.3 Å². The predicted molar refractivity (Wildman–Crippen MR) is 117 cm³/mol. The molecule has 6 rings (SSSR count). The molecular formula is C23H27FN6O. The van der Waals surface area contributed by atoms with E-state index in [0.29, 0.717) is 17.1 Å². The smallest absolute Gasteiger partial charge is 0.151 e. The molecular weight excluding hydrogens is 395 g/mol. The van der Waals surface area contributed by atoms with E-state index in [1.807, 2.05) is 60.9 Å². The second-order valence-corrected chi connectivity index (χ2v) is 8.99. The molecule has 2 aliphatic heterocycles. The standard InChI is InChI=1S/C23H27FN6O/c1-23-9-8-15(13-28(23)2)21(22(23)24)29(3)20-7-6-18(26-27-20)17-5-4-16(12-19(17)31)30-11-10-25-14-30/h4-7,10-12,14-15,21-22,31H,8-9,13H2,1-3H3/t15-,21?,22?,23-/m1/s1. The van der Waals surface area contributed by atoms with Crippen molar-refractivity contribution >= 4 is 5.82 Å². The van der Waals surface area contributed by atoms with Crippen molar-refractivity contribution in [2.75, 3.05) is 25.5 Å². The largest absolute Gasteiger partial charge is 0.507 e. The minimum atomic E-state index is -0.948. The molecule has 0 amide bonds. The number of piperidine rings is 2. The predicted octanol–water partition coefficient (Wildman–Crippen LogP) is 3.29. The molecule has 0 radical (unpaired) electrons. The molecule has 162 valence electrons. The summed E-state index contributed by atoms with van der Waals surface area (Å²) in [5.74, 6) is 1.03. The van der Waals surface area contributed by atoms with Crippen molar-refractivity contribution in [1.29, 1.82) is 0 Å². The third-order valence-electron chi connectivity index (χ3n) is 7.30. The van der Waals surface area contributed by atoms with E-state index in [9.17, 15) is 5.11 Å². The number of rotatable bonds is 4. The van der Waals surface area contributed by atoms with Gasteiger partial charge in [0.1, 0.15) is 11.9 Å². The van der Waals surface area contributed by atoms with Gasteiger partial charge in [-0.05, 0) is 57.0 Å². The molecule has 2 bridgehead atoms. The summed E-state index contributed by atoms with van der Waals surface area (Å²) in [6.07, 6.45) is 6.14. The second-order valence-electron chi connectivity index (χ2n) is 8.99. The van der Waals surface area contributed by atoms with E-state index < -0.39 is 11.7 Å². The quantitative estimate of drug-likeness (QED) is 0.696. The third-order valence-corrected chi connectivity index (χ3v) is 7.30. The summed E-state index contributed by atoms with van der Waals surface area (Å²) in [6.45, 7) is 2.92. The number of imidazole rings is 1. The number of alkyl halides is 1. The van der Waals surface area contributed by atoms with E-state index in [0.717, 1.165) is 25.1 Å². The van der Waals surface area contributed by atoms with Crippen LogP contribution in [-0.4, -0.2) is 68.1 Å². The van der Waals surface area contributed by atoms with Gasteiger partial charge in [0, 0.05) is 37.6 Å². The molecule has 1 aliphatic carbocycles. The van der Waals surface area contributed by atoms with Gasteiger partial charge in [-0.2, -0.15) is 0 Å². The Hall–Kier alpha value is -3.00. The van der Waals surface area contributed by atoms with Crippen LogP contribution in [0.4, 0.5) is 10.2 Å². The van der Waals surface area contributed by atoms with Gasteiger partial charge in [-0.1, -0.05) is 0 Å². The number of hydrogen-bond donors (Lipinski definition) is 1. The summed E-state index contributed by atoms with van der Waals surface area (Å²) in [5, 5.41) is 19.2. The summed E-state index contributed by atoms with van der Waals surface area (Å²) >= 11 is 0. The average molecular weight is 423 g/mol. The zero-order valence-corrected chi connectivity index (χ0v) is 18.0. The van der Waals surface area contributed by atoms with Crippen LogP contribution < -0.4 is 4.90 Å². The number of fused-ring (bicyclic) bond motifs is 3. The Kier molecular flexibility index (Phi) is 4.69. The number of phenolic OH excluding ortho intramolecular Hbond substituents is 1. The lowest BCUT2D eigenvalue weighted by atomic mass is 9.67. The molecule has 1 aromatic carbocycles. The van der Waals surface area contributed by atoms with Crippen molar-refractivity contribution in [3.8, 4) is 22.7 Å². The Bertz CT molecular complexity index is 1070. The van der Waals surface area contributed by atoms with Gasteiger partial charge >= 0.3 is 0 Å². The lowest BCUT2D eigenvalue weighted by molar-refractivity contribution is -0.0816. The van der Waals surface area contributed by atoms with Gasteiger partial charge < -0.3 is 14.6 Å². The summed E-state index contributed by atoms with van der Waals surface area (Å²) in [4.78, 5) is 8.14. The third kappa shape index (κ3) is 3.17. The fourth-order valence-corrected chi connectivity index (χ4v) is 5.19. The fourth-order valence-electron chi connectivity index (χ4n) is 5.19. The molecule has 2 saturated heterocycles. The molecule has 0 spiro atoms. The van der Waals surface area contributed by atoms with Gasteiger partial charge in [-0.3, -0.25) is 4.90 Å². The number of phenols is 1. The first-order chi connectivity index (χ1) is 14.9. The minimum absolute atomic E-state index is 0.117. The van der Waals surface area contributed by atoms with Crippen LogP contribution in [0.25, 0.3) is 16.9 Å². The van der Waals surface area contributed by atoms with Crippen molar-refractivity contribution in [2.45, 2.75) is 37.5 Å². The highest BCUT2D eigenvalue weighted by atomic mass is 19.1. The highest BCUT2D eigenvalue weighted by Gasteiger charge is 2.55. The van der Waals surface area contributed by atoms with Crippen LogP contribution in [0.15, 0.2) is 49.1 Å². The summed E-state index contributed by atoms with van der Waals surface area (Å²) in [6, 6.07) is 8.84. The molecule has 3 aliphatic rings. The van der Waals surface area contributed by atoms with E-state index in [1.165, 1.54) is 0 Å². The maximum atomic E-state index is 15.5. The summed E-state index contributed by atoms with van der Waals surface area (Å²) in [5.41, 5.74) is 1.55. The van der Waals surface area contributed by atoms with Gasteiger partial charge in [0.15, 0.2) is 5.82 Å². The van der Waals surface area contributed by atoms with Crippen molar-refractivity contribution in [3.05, 3.63) is 49.1 Å². The molecule has 8 heteroatoms. The second kappa shape index (κ2) is 7.30. The molecule has 2 aromatic heterocycles. The number of halogens is 1. The van der Waals surface area contributed by atoms with Crippen LogP contribution in [0.5, 0.6) is 5.75 Å². The molecule has 3 aromatic rings. The van der Waals surface area contributed by atoms with Crippen LogP contribution in [0.2, 0.25) is 0 Å². The first kappa shape index (κ1) is 19.9. The summed E-state index contributed by atoms with van der Waals surface area (Å²) in [7, 11) is 3.93. The van der Waals surface area contributed by atoms with Gasteiger partial charge in [0.2, 0.25) is 0 Å². The van der Waals surface area contributed by atoms with E-state index in [4.69, 9.17) is 0 Å². The maximum Gasteiger partial charge on any atom is 0.151 e. The van der Waals surface area contributed by atoms with Gasteiger partial charge in [0.05, 0.1) is 29.3 Å². The normalized spacial score (nSPS) is 28.1. The van der Waals surface area contributed by atoms with E-state index >= 15 is 4.39 Å². The lowest BCUT2D eigenvalue weighted by Crippen LogP contribution is -2.70. The first-order valence-corrected chi connectivity index (χ1v) is 10.6. The number of hydrogen-bond acceptors (Lipinski definition) is 6. The lowest BCUT2D eigenvalue weighted by Gasteiger charge is -2.58. The molecule has 7 nitrogen and oxygen atoms in total. The van der Waals surface area contributed by atoms with Crippen LogP contribution in [0.1, 0.15) is 19.8 Å². The molecule has 4 atom stereocenters. The Morgan fingerprint density at radius 1 is 1.23 bits per heavy atom.